The van der Waals surface area contributed by atoms with E-state index in [-0.39, 0.29) is 0 Å². The van der Waals surface area contributed by atoms with Gasteiger partial charge in [0.05, 0.1) is 5.30 Å². The summed E-state index contributed by atoms with van der Waals surface area (Å²) in [6.07, 6.45) is 3.99. The lowest BCUT2D eigenvalue weighted by atomic mass is 10.00. The summed E-state index contributed by atoms with van der Waals surface area (Å²) in [7, 11) is -0.277. The summed E-state index contributed by atoms with van der Waals surface area (Å²) >= 11 is 0. The molecular formula is C14H23O3P. The van der Waals surface area contributed by atoms with E-state index in [0.717, 1.165) is 36.6 Å². The van der Waals surface area contributed by atoms with Crippen LogP contribution in [0.15, 0.2) is 18.2 Å². The van der Waals surface area contributed by atoms with Crippen LogP contribution in [0.3, 0.4) is 0 Å². The quantitative estimate of drug-likeness (QED) is 0.709. The molecule has 4 heteroatoms. The predicted octanol–water partition coefficient (Wildman–Crippen LogP) is 3.70. The highest BCUT2D eigenvalue weighted by molar-refractivity contribution is 7.62. The summed E-state index contributed by atoms with van der Waals surface area (Å²) in [4.78, 5) is 0. The molecule has 0 heterocycles. The van der Waals surface area contributed by atoms with Crippen molar-refractivity contribution in [2.24, 2.45) is 0 Å². The van der Waals surface area contributed by atoms with E-state index < -0.39 is 7.60 Å². The van der Waals surface area contributed by atoms with Crippen LogP contribution in [0.2, 0.25) is 0 Å². The van der Waals surface area contributed by atoms with Crippen LogP contribution < -0.4 is 5.30 Å². The van der Waals surface area contributed by atoms with E-state index in [2.05, 4.69) is 19.9 Å². The van der Waals surface area contributed by atoms with Gasteiger partial charge >= 0.3 is 7.60 Å². The minimum atomic E-state index is -3.15. The van der Waals surface area contributed by atoms with E-state index in [4.69, 9.17) is 9.05 Å². The van der Waals surface area contributed by atoms with Crippen LogP contribution in [0.25, 0.3) is 0 Å². The fourth-order valence-electron chi connectivity index (χ4n) is 2.19. The fourth-order valence-corrected chi connectivity index (χ4v) is 3.59. The minimum Gasteiger partial charge on any atom is -0.309 e. The summed E-state index contributed by atoms with van der Waals surface area (Å²) < 4.78 is 22.8. The zero-order valence-electron chi connectivity index (χ0n) is 11.7. The number of rotatable bonds is 7. The second kappa shape index (κ2) is 7.08. The van der Waals surface area contributed by atoms with Gasteiger partial charge in [0.1, 0.15) is 0 Å². The number of aryl methyl sites for hydroxylation is 1. The Morgan fingerprint density at radius 3 is 2.17 bits per heavy atom. The van der Waals surface area contributed by atoms with Crippen molar-refractivity contribution < 1.29 is 13.6 Å². The van der Waals surface area contributed by atoms with Gasteiger partial charge < -0.3 is 9.05 Å². The van der Waals surface area contributed by atoms with Crippen molar-refractivity contribution >= 4 is 12.9 Å². The van der Waals surface area contributed by atoms with E-state index >= 15 is 0 Å². The molecule has 0 bridgehead atoms. The normalized spacial score (nSPS) is 11.8. The maximum atomic E-state index is 12.6. The third kappa shape index (κ3) is 3.23. The lowest BCUT2D eigenvalue weighted by molar-refractivity contribution is 0.287. The summed E-state index contributed by atoms with van der Waals surface area (Å²) in [5.41, 5.74) is 2.39. The van der Waals surface area contributed by atoms with Crippen molar-refractivity contribution in [3.63, 3.8) is 0 Å². The van der Waals surface area contributed by atoms with Gasteiger partial charge in [-0.2, -0.15) is 0 Å². The number of hydrogen-bond acceptors (Lipinski definition) is 3. The first kappa shape index (κ1) is 15.4. The van der Waals surface area contributed by atoms with Crippen molar-refractivity contribution in [3.05, 3.63) is 29.3 Å². The Bertz CT molecular complexity index is 421. The van der Waals surface area contributed by atoms with E-state index in [1.165, 1.54) is 19.8 Å². The van der Waals surface area contributed by atoms with Gasteiger partial charge in [-0.1, -0.05) is 38.8 Å². The van der Waals surface area contributed by atoms with Crippen LogP contribution in [-0.2, 0) is 26.5 Å². The molecule has 0 radical (unpaired) electrons. The van der Waals surface area contributed by atoms with E-state index in [1.807, 2.05) is 12.1 Å². The first-order valence-electron chi connectivity index (χ1n) is 6.45. The molecule has 3 nitrogen and oxygen atoms in total. The molecule has 0 N–H and O–H groups in total. The molecule has 1 rings (SSSR count). The minimum absolute atomic E-state index is 0.722. The molecule has 0 aliphatic heterocycles. The molecule has 0 aliphatic carbocycles. The second-order valence-corrected chi connectivity index (χ2v) is 6.48. The predicted molar refractivity (Wildman–Crippen MR) is 75.7 cm³/mol. The summed E-state index contributed by atoms with van der Waals surface area (Å²) in [6, 6.07) is 5.90. The van der Waals surface area contributed by atoms with Crippen LogP contribution in [0.1, 0.15) is 37.8 Å². The van der Waals surface area contributed by atoms with E-state index in [1.54, 1.807) is 0 Å². The van der Waals surface area contributed by atoms with Crippen molar-refractivity contribution in [2.75, 3.05) is 14.2 Å². The van der Waals surface area contributed by atoms with Gasteiger partial charge in [-0.25, -0.2) is 0 Å². The molecule has 0 fully saturated rings. The first-order valence-corrected chi connectivity index (χ1v) is 8.00. The molecular weight excluding hydrogens is 247 g/mol. The molecule has 0 spiro atoms. The molecule has 1 aromatic rings. The number of hydrogen-bond donors (Lipinski definition) is 0. The maximum absolute atomic E-state index is 12.6. The van der Waals surface area contributed by atoms with Crippen LogP contribution in [0.4, 0.5) is 0 Å². The zero-order valence-corrected chi connectivity index (χ0v) is 12.6. The smallest absolute Gasteiger partial charge is 0.309 e. The topological polar surface area (TPSA) is 35.5 Å². The van der Waals surface area contributed by atoms with Crippen molar-refractivity contribution in [3.8, 4) is 0 Å². The van der Waals surface area contributed by atoms with Gasteiger partial charge in [-0.15, -0.1) is 0 Å². The highest BCUT2D eigenvalue weighted by Gasteiger charge is 2.28. The molecule has 0 saturated carbocycles. The lowest BCUT2D eigenvalue weighted by Crippen LogP contribution is -2.16. The van der Waals surface area contributed by atoms with Gasteiger partial charge in [-0.3, -0.25) is 4.57 Å². The molecule has 0 aliphatic rings. The van der Waals surface area contributed by atoms with Crippen molar-refractivity contribution in [1.82, 2.24) is 0 Å². The summed E-state index contributed by atoms with van der Waals surface area (Å²) in [5, 5.41) is 0.722. The average molecular weight is 270 g/mol. The third-order valence-electron chi connectivity index (χ3n) is 3.04. The Labute approximate surface area is 110 Å². The Kier molecular flexibility index (Phi) is 6.07. The largest absolute Gasteiger partial charge is 0.361 e. The molecule has 102 valence electrons. The Morgan fingerprint density at radius 1 is 1.06 bits per heavy atom. The zero-order chi connectivity index (χ0) is 13.6. The first-order chi connectivity index (χ1) is 8.62. The second-order valence-electron chi connectivity index (χ2n) is 4.28. The molecule has 0 amide bonds. The summed E-state index contributed by atoms with van der Waals surface area (Å²) in [5.74, 6) is 0. The van der Waals surface area contributed by atoms with Gasteiger partial charge in [0.2, 0.25) is 0 Å². The van der Waals surface area contributed by atoms with E-state index in [0.29, 0.717) is 0 Å². The van der Waals surface area contributed by atoms with Crippen LogP contribution in [0, 0.1) is 0 Å². The lowest BCUT2D eigenvalue weighted by Gasteiger charge is -2.19. The Balaban J connectivity index is 3.33. The highest BCUT2D eigenvalue weighted by atomic mass is 31.2. The monoisotopic (exact) mass is 270 g/mol. The molecule has 0 atom stereocenters. The Hall–Kier alpha value is -0.630. The van der Waals surface area contributed by atoms with Gasteiger partial charge in [0.15, 0.2) is 0 Å². The maximum Gasteiger partial charge on any atom is 0.361 e. The molecule has 1 aromatic carbocycles. The standard InChI is InChI=1S/C14H23O3P/c1-5-8-12-10-7-11-14(13(12)9-6-2)18(15,16-3)17-4/h7,10-11H,5-6,8-9H2,1-4H3. The fraction of sp³-hybridized carbons (Fsp3) is 0.571. The SMILES string of the molecule is CCCc1cccc(P(=O)(OC)OC)c1CCC. The average Bonchev–Trinajstić information content (AvgIpc) is 2.40. The molecule has 0 unspecified atom stereocenters. The van der Waals surface area contributed by atoms with Crippen molar-refractivity contribution in [1.29, 1.82) is 0 Å². The van der Waals surface area contributed by atoms with E-state index in [9.17, 15) is 4.57 Å². The summed E-state index contributed by atoms with van der Waals surface area (Å²) in [6.45, 7) is 4.27. The highest BCUT2D eigenvalue weighted by Crippen LogP contribution is 2.46. The van der Waals surface area contributed by atoms with Crippen LogP contribution in [0.5, 0.6) is 0 Å². The van der Waals surface area contributed by atoms with Gasteiger partial charge in [0.25, 0.3) is 0 Å². The van der Waals surface area contributed by atoms with Gasteiger partial charge in [0, 0.05) is 14.2 Å². The molecule has 18 heavy (non-hydrogen) atoms. The third-order valence-corrected chi connectivity index (χ3v) is 5.01. The van der Waals surface area contributed by atoms with Gasteiger partial charge in [-0.05, 0) is 30.0 Å². The molecule has 0 aromatic heterocycles. The molecule has 0 saturated heterocycles. The van der Waals surface area contributed by atoms with Crippen LogP contribution >= 0.6 is 7.60 Å². The van der Waals surface area contributed by atoms with Crippen LogP contribution in [-0.4, -0.2) is 14.2 Å². The Morgan fingerprint density at radius 2 is 1.67 bits per heavy atom. The number of benzene rings is 1. The van der Waals surface area contributed by atoms with Crippen molar-refractivity contribution in [2.45, 2.75) is 39.5 Å².